The molecule has 0 N–H and O–H groups in total. The predicted molar refractivity (Wildman–Crippen MR) is 367 cm³/mol. The molecule has 2 saturated heterocycles. The summed E-state index contributed by atoms with van der Waals surface area (Å²) in [6.07, 6.45) is 79.7. The third-order valence-electron chi connectivity index (χ3n) is 35.2. The molecule has 0 aromatic heterocycles. The summed E-state index contributed by atoms with van der Waals surface area (Å²) in [6, 6.07) is 5.26. The maximum Gasteiger partial charge on any atom is 0.156 e. The Morgan fingerprint density at radius 2 is 0.632 bits per heavy atom. The molecule has 17 aliphatic rings. The van der Waals surface area contributed by atoms with Crippen LogP contribution in [0.1, 0.15) is 342 Å². The minimum Gasteiger partial charge on any atom is -0.295 e. The minimum atomic E-state index is 0.376. The van der Waals surface area contributed by atoms with Gasteiger partial charge in [-0.2, -0.15) is 0 Å². The molecular formula is C84H139BN2. The van der Waals surface area contributed by atoms with Crippen LogP contribution < -0.4 is 0 Å². The Hall–Kier alpha value is -0.0151. The Morgan fingerprint density at radius 3 is 1.13 bits per heavy atom. The van der Waals surface area contributed by atoms with E-state index in [9.17, 15) is 0 Å². The van der Waals surface area contributed by atoms with E-state index < -0.39 is 0 Å². The van der Waals surface area contributed by atoms with Gasteiger partial charge in [-0.05, 0) is 237 Å². The van der Waals surface area contributed by atoms with Crippen LogP contribution in [0.15, 0.2) is 0 Å². The van der Waals surface area contributed by atoms with Crippen LogP contribution in [0.3, 0.4) is 0 Å². The molecular weight excluding hydrogens is 1050 g/mol. The Kier molecular flexibility index (Phi) is 18.0. The lowest BCUT2D eigenvalue weighted by Crippen LogP contribution is -2.77. The molecule has 0 bridgehead atoms. The molecule has 3 heteroatoms. The molecule has 23 atom stereocenters. The van der Waals surface area contributed by atoms with Gasteiger partial charge in [0.1, 0.15) is 0 Å². The molecule has 23 unspecified atom stereocenters. The average Bonchev–Trinajstić information content (AvgIpc) is 0.810. The molecule has 15 aliphatic carbocycles. The number of nitrogens with zero attached hydrogens (tertiary/aromatic N) is 2. The summed E-state index contributed by atoms with van der Waals surface area (Å²) in [5.74, 6) is 24.9. The Labute approximate surface area is 538 Å². The molecule has 2 aliphatic heterocycles. The summed E-state index contributed by atoms with van der Waals surface area (Å²) in [5.41, 5.74) is 0.376. The van der Waals surface area contributed by atoms with E-state index in [2.05, 4.69) is 30.6 Å². The molecule has 0 amide bonds. The van der Waals surface area contributed by atoms with E-state index >= 15 is 0 Å². The van der Waals surface area contributed by atoms with E-state index in [0.717, 1.165) is 185 Å². The number of hydrogen-bond acceptors (Lipinski definition) is 2. The first kappa shape index (κ1) is 60.6. The Morgan fingerprint density at radius 1 is 0.241 bits per heavy atom. The van der Waals surface area contributed by atoms with Crippen LogP contribution in [0.25, 0.3) is 0 Å². The smallest absolute Gasteiger partial charge is 0.156 e. The summed E-state index contributed by atoms with van der Waals surface area (Å²) in [5, 5.41) is 0. The van der Waals surface area contributed by atoms with Crippen molar-refractivity contribution < 1.29 is 0 Å². The summed E-state index contributed by atoms with van der Waals surface area (Å²) >= 11 is 0. The molecule has 0 radical (unpaired) electrons. The molecule has 2 nitrogen and oxygen atoms in total. The van der Waals surface area contributed by atoms with Crippen molar-refractivity contribution in [2.45, 2.75) is 396 Å². The van der Waals surface area contributed by atoms with Gasteiger partial charge in [-0.25, -0.2) is 0 Å². The van der Waals surface area contributed by atoms with Crippen LogP contribution >= 0.6 is 0 Å². The SMILES string of the molecule is CC(C)(C)C1CC2C3B(C4CC(C5CCCCC5)CCC4N2C2C(C4CCCCC4)CCCC2C2CCCCC2)C2CCC(C4CC5CCCC6C7CCCC8CCCC(C(C4)C56)C87)CC2N(C2C(C4CCCCC4)CCCC2C2CCCCC2)C3C1. The molecule has 2 heterocycles. The maximum absolute atomic E-state index is 3.94. The average molecular weight is 1190 g/mol. The highest BCUT2D eigenvalue weighted by Crippen LogP contribution is 2.71. The van der Waals surface area contributed by atoms with Gasteiger partial charge >= 0.3 is 0 Å². The van der Waals surface area contributed by atoms with Gasteiger partial charge in [0.05, 0.1) is 0 Å². The third kappa shape index (κ3) is 11.1. The zero-order chi connectivity index (χ0) is 57.9. The van der Waals surface area contributed by atoms with E-state index in [4.69, 9.17) is 0 Å². The maximum atomic E-state index is 3.94. The first-order valence-electron chi connectivity index (χ1n) is 42.4. The van der Waals surface area contributed by atoms with Gasteiger partial charge in [-0.1, -0.05) is 252 Å². The van der Waals surface area contributed by atoms with Gasteiger partial charge in [-0.15, -0.1) is 0 Å². The quantitative estimate of drug-likeness (QED) is 0.224. The fourth-order valence-electron chi connectivity index (χ4n) is 32.3. The fraction of sp³-hybridized carbons (Fsp3) is 1.00. The normalized spacial score (nSPS) is 50.2. The van der Waals surface area contributed by atoms with E-state index in [-0.39, 0.29) is 0 Å². The van der Waals surface area contributed by atoms with Gasteiger partial charge in [0.25, 0.3) is 0 Å². The molecule has 17 rings (SSSR count). The molecule has 488 valence electrons. The van der Waals surface area contributed by atoms with Crippen LogP contribution in [0, 0.1) is 130 Å². The van der Waals surface area contributed by atoms with E-state index in [1.807, 2.05) is 0 Å². The lowest BCUT2D eigenvalue weighted by molar-refractivity contribution is -0.155. The lowest BCUT2D eigenvalue weighted by atomic mass is 9.17. The second-order valence-electron chi connectivity index (χ2n) is 39.2. The van der Waals surface area contributed by atoms with E-state index in [0.29, 0.717) is 5.41 Å². The Bertz CT molecular complexity index is 2180. The second-order valence-corrected chi connectivity index (χ2v) is 39.2. The molecule has 0 aromatic carbocycles. The Balaban J connectivity index is 0.812. The van der Waals surface area contributed by atoms with Gasteiger partial charge in [0.2, 0.25) is 0 Å². The van der Waals surface area contributed by atoms with Gasteiger partial charge in [0, 0.05) is 36.3 Å². The van der Waals surface area contributed by atoms with E-state index in [1.54, 1.807) is 289 Å². The second kappa shape index (κ2) is 25.9. The predicted octanol–water partition coefficient (Wildman–Crippen LogP) is 23.1. The fourth-order valence-corrected chi connectivity index (χ4v) is 32.3. The first-order chi connectivity index (χ1) is 42.8. The molecule has 17 fully saturated rings. The lowest BCUT2D eigenvalue weighted by Gasteiger charge is -2.72. The summed E-state index contributed by atoms with van der Waals surface area (Å²) < 4.78 is 0. The van der Waals surface area contributed by atoms with Crippen molar-refractivity contribution in [3.8, 4) is 0 Å². The highest BCUT2D eigenvalue weighted by molar-refractivity contribution is 6.65. The molecule has 0 aromatic rings. The number of rotatable bonds is 8. The van der Waals surface area contributed by atoms with E-state index in [1.165, 1.54) is 32.1 Å². The van der Waals surface area contributed by atoms with Crippen molar-refractivity contribution in [2.24, 2.45) is 130 Å². The zero-order valence-electron chi connectivity index (χ0n) is 57.6. The topological polar surface area (TPSA) is 6.48 Å². The molecule has 15 saturated carbocycles. The third-order valence-corrected chi connectivity index (χ3v) is 35.2. The van der Waals surface area contributed by atoms with Crippen LogP contribution in [0.5, 0.6) is 0 Å². The van der Waals surface area contributed by atoms with Crippen LogP contribution in [-0.2, 0) is 0 Å². The summed E-state index contributed by atoms with van der Waals surface area (Å²) in [6.45, 7) is 9.48. The van der Waals surface area contributed by atoms with Crippen molar-refractivity contribution in [1.29, 1.82) is 0 Å². The minimum absolute atomic E-state index is 0.376. The van der Waals surface area contributed by atoms with Crippen molar-refractivity contribution >= 4 is 6.71 Å². The van der Waals surface area contributed by atoms with Crippen LogP contribution in [0.2, 0.25) is 17.5 Å². The molecule has 87 heavy (non-hydrogen) atoms. The first-order valence-corrected chi connectivity index (χ1v) is 42.4. The monoisotopic (exact) mass is 1190 g/mol. The van der Waals surface area contributed by atoms with Crippen molar-refractivity contribution in [3.63, 3.8) is 0 Å². The highest BCUT2D eigenvalue weighted by Gasteiger charge is 2.69. The van der Waals surface area contributed by atoms with Gasteiger partial charge < -0.3 is 0 Å². The van der Waals surface area contributed by atoms with Crippen LogP contribution in [-0.4, -0.2) is 52.8 Å². The summed E-state index contributed by atoms with van der Waals surface area (Å²) in [7, 11) is 0. The largest absolute Gasteiger partial charge is 0.295 e. The molecule has 0 spiro atoms. The van der Waals surface area contributed by atoms with Gasteiger partial charge in [0.15, 0.2) is 6.71 Å². The van der Waals surface area contributed by atoms with Crippen molar-refractivity contribution in [1.82, 2.24) is 9.80 Å². The van der Waals surface area contributed by atoms with Crippen molar-refractivity contribution in [3.05, 3.63) is 0 Å². The van der Waals surface area contributed by atoms with Crippen molar-refractivity contribution in [2.75, 3.05) is 0 Å². The van der Waals surface area contributed by atoms with Crippen LogP contribution in [0.4, 0.5) is 0 Å². The zero-order valence-corrected chi connectivity index (χ0v) is 57.6. The number of hydrogen-bond donors (Lipinski definition) is 0. The van der Waals surface area contributed by atoms with Gasteiger partial charge in [-0.3, -0.25) is 9.80 Å². The standard InChI is InChI=1S/C84H139BN2/c1-84(2,3)64-52-77-81-78(53-64)87(83-67(57-30-15-7-16-31-57)39-23-40-68(83)58-32-17-8-18-33-58)76-51-61(63-48-62-36-21-42-70-69-41-19-34-59-35-20-43-71(79(59)69)72(49-63)80(62)70)44-46-73(76)85(81)74-50-60(54-24-9-4-10-25-54)45-47-75(74)86(77)82-65(55-26-11-5-12-27-55)37-22-38-66(82)56-28-13-6-14-29-56/h54-83H,4-53H2,1-3H3. The summed E-state index contributed by atoms with van der Waals surface area (Å²) in [4.78, 5) is 7.81. The highest BCUT2D eigenvalue weighted by atomic mass is 15.3. The number of fused-ring (bicyclic) bond motifs is 6.